The zero-order valence-electron chi connectivity index (χ0n) is 15.7. The fourth-order valence-corrected chi connectivity index (χ4v) is 2.69. The zero-order chi connectivity index (χ0) is 19.3. The van der Waals surface area contributed by atoms with Crippen molar-refractivity contribution in [3.05, 3.63) is 0 Å². The number of rotatable bonds is 5. The number of aliphatic hydroxyl groups excluding tert-OH is 1. The molecule has 0 aromatic carbocycles. The molecule has 7 heteroatoms. The summed E-state index contributed by atoms with van der Waals surface area (Å²) in [6.45, 7) is 13.7. The van der Waals surface area contributed by atoms with E-state index in [0.717, 1.165) is 13.0 Å². The minimum absolute atomic E-state index is 0.106. The molecule has 0 radical (unpaired) electrons. The van der Waals surface area contributed by atoms with Gasteiger partial charge in [-0.15, -0.1) is 0 Å². The van der Waals surface area contributed by atoms with Crippen molar-refractivity contribution in [2.24, 2.45) is 5.41 Å². The van der Waals surface area contributed by atoms with Gasteiger partial charge in [-0.25, -0.2) is 0 Å². The van der Waals surface area contributed by atoms with Crippen LogP contribution in [-0.4, -0.2) is 67.6 Å². The van der Waals surface area contributed by atoms with Gasteiger partial charge in [0.25, 0.3) is 0 Å². The van der Waals surface area contributed by atoms with E-state index in [1.165, 1.54) is 0 Å². The molecule has 0 aliphatic carbocycles. The smallest absolute Gasteiger partial charge is 0.303 e. The maximum Gasteiger partial charge on any atom is 0.303 e. The van der Waals surface area contributed by atoms with Gasteiger partial charge in [-0.2, -0.15) is 0 Å². The van der Waals surface area contributed by atoms with E-state index in [-0.39, 0.29) is 29.9 Å². The monoisotopic (exact) mass is 347 g/mol. The molecule has 4 N–H and O–H groups in total. The summed E-state index contributed by atoms with van der Waals surface area (Å²) >= 11 is 0. The van der Waals surface area contributed by atoms with Crippen molar-refractivity contribution in [1.82, 2.24) is 4.90 Å². The van der Waals surface area contributed by atoms with Gasteiger partial charge >= 0.3 is 11.9 Å². The molecule has 1 atom stereocenters. The summed E-state index contributed by atoms with van der Waals surface area (Å²) < 4.78 is 0. The van der Waals surface area contributed by atoms with Crippen molar-refractivity contribution in [1.29, 1.82) is 0 Å². The van der Waals surface area contributed by atoms with E-state index in [2.05, 4.69) is 32.6 Å². The van der Waals surface area contributed by atoms with Crippen LogP contribution in [0.25, 0.3) is 0 Å². The number of hydrogen-bond donors (Lipinski definition) is 4. The Morgan fingerprint density at radius 3 is 1.83 bits per heavy atom. The van der Waals surface area contributed by atoms with Gasteiger partial charge in [0.2, 0.25) is 0 Å². The Bertz CT molecular complexity index is 425. The molecule has 1 aliphatic heterocycles. The van der Waals surface area contributed by atoms with Crippen molar-refractivity contribution in [2.75, 3.05) is 13.1 Å². The Hall–Kier alpha value is -1.18. The van der Waals surface area contributed by atoms with E-state index in [1.807, 2.05) is 13.8 Å². The Labute approximate surface area is 144 Å². The highest BCUT2D eigenvalue weighted by Crippen LogP contribution is 2.43. The van der Waals surface area contributed by atoms with Crippen molar-refractivity contribution in [3.8, 4) is 0 Å². The number of aliphatic hydroxyl groups is 2. The van der Waals surface area contributed by atoms with E-state index in [0.29, 0.717) is 6.54 Å². The predicted octanol–water partition coefficient (Wildman–Crippen LogP) is 1.56. The average molecular weight is 347 g/mol. The van der Waals surface area contributed by atoms with Gasteiger partial charge in [0.15, 0.2) is 0 Å². The van der Waals surface area contributed by atoms with Gasteiger partial charge in [0, 0.05) is 24.0 Å². The lowest BCUT2D eigenvalue weighted by molar-refractivity contribution is -0.143. The molecule has 0 saturated carbocycles. The number of carboxylic acids is 2. The molecule has 1 fully saturated rings. The number of piperidine rings is 1. The maximum absolute atomic E-state index is 10.1. The summed E-state index contributed by atoms with van der Waals surface area (Å²) in [5.41, 5.74) is -0.948. The van der Waals surface area contributed by atoms with Gasteiger partial charge in [0.1, 0.15) is 0 Å². The lowest BCUT2D eigenvalue weighted by atomic mass is 9.66. The standard InChI is InChI=1S/C13H27NO2.C4H6O4/c1-11(2,16)9-14-8-7-10(15)12(3,4)13(14,5)6;5-3(6)1-2-4(7)8/h10,15-16H,7-9H2,1-6H3;1-2H2,(H,5,6)(H,7,8). The molecule has 0 spiro atoms. The first kappa shape index (κ1) is 22.8. The van der Waals surface area contributed by atoms with Crippen molar-refractivity contribution >= 4 is 11.9 Å². The second-order valence-corrected chi connectivity index (χ2v) is 8.11. The summed E-state index contributed by atoms with van der Waals surface area (Å²) in [6.07, 6.45) is -0.0717. The molecule has 0 aromatic rings. The van der Waals surface area contributed by atoms with Crippen LogP contribution in [0.15, 0.2) is 0 Å². The number of carboxylic acid groups (broad SMARTS) is 2. The normalized spacial score (nSPS) is 23.1. The second-order valence-electron chi connectivity index (χ2n) is 8.11. The molecule has 1 heterocycles. The first-order chi connectivity index (χ1) is 10.6. The van der Waals surface area contributed by atoms with Crippen LogP contribution in [0.2, 0.25) is 0 Å². The predicted molar refractivity (Wildman–Crippen MR) is 90.9 cm³/mol. The largest absolute Gasteiger partial charge is 0.481 e. The Morgan fingerprint density at radius 2 is 1.50 bits per heavy atom. The van der Waals surface area contributed by atoms with Crippen LogP contribution in [0.4, 0.5) is 0 Å². The van der Waals surface area contributed by atoms with Crippen LogP contribution in [0.5, 0.6) is 0 Å². The summed E-state index contributed by atoms with van der Waals surface area (Å²) in [4.78, 5) is 21.6. The highest BCUT2D eigenvalue weighted by atomic mass is 16.4. The lowest BCUT2D eigenvalue weighted by Gasteiger charge is -2.56. The van der Waals surface area contributed by atoms with E-state index in [9.17, 15) is 19.8 Å². The molecular formula is C17H33NO6. The van der Waals surface area contributed by atoms with Crippen LogP contribution in [0.3, 0.4) is 0 Å². The van der Waals surface area contributed by atoms with Crippen LogP contribution in [0.1, 0.15) is 60.8 Å². The third-order valence-electron chi connectivity index (χ3n) is 5.00. The van der Waals surface area contributed by atoms with Crippen molar-refractivity contribution in [2.45, 2.75) is 78.0 Å². The van der Waals surface area contributed by atoms with E-state index >= 15 is 0 Å². The molecule has 1 rings (SSSR count). The van der Waals surface area contributed by atoms with Crippen LogP contribution in [0, 0.1) is 5.41 Å². The first-order valence-corrected chi connectivity index (χ1v) is 8.20. The van der Waals surface area contributed by atoms with Gasteiger partial charge in [0.05, 0.1) is 24.5 Å². The van der Waals surface area contributed by atoms with E-state index in [1.54, 1.807) is 0 Å². The number of carbonyl (C=O) groups is 2. The van der Waals surface area contributed by atoms with Crippen LogP contribution in [-0.2, 0) is 9.59 Å². The Balaban J connectivity index is 0.000000561. The minimum atomic E-state index is -1.08. The minimum Gasteiger partial charge on any atom is -0.481 e. The van der Waals surface area contributed by atoms with E-state index in [4.69, 9.17) is 10.2 Å². The van der Waals surface area contributed by atoms with Crippen LogP contribution < -0.4 is 0 Å². The topological polar surface area (TPSA) is 118 Å². The maximum atomic E-state index is 10.1. The molecule has 0 amide bonds. The third kappa shape index (κ3) is 6.75. The summed E-state index contributed by atoms with van der Waals surface area (Å²) in [6, 6.07) is 0. The number of nitrogens with zero attached hydrogens (tertiary/aromatic N) is 1. The number of aliphatic carboxylic acids is 2. The molecule has 1 unspecified atom stereocenters. The lowest BCUT2D eigenvalue weighted by Crippen LogP contribution is -2.65. The molecule has 0 aromatic heterocycles. The molecule has 142 valence electrons. The highest BCUT2D eigenvalue weighted by molar-refractivity contribution is 5.75. The van der Waals surface area contributed by atoms with Gasteiger partial charge in [-0.3, -0.25) is 14.5 Å². The third-order valence-corrected chi connectivity index (χ3v) is 5.00. The molecule has 24 heavy (non-hydrogen) atoms. The van der Waals surface area contributed by atoms with Gasteiger partial charge < -0.3 is 20.4 Å². The van der Waals surface area contributed by atoms with E-state index < -0.39 is 17.5 Å². The average Bonchev–Trinajstić information content (AvgIpc) is 2.38. The fraction of sp³-hybridized carbons (Fsp3) is 0.882. The number of likely N-dealkylation sites (tertiary alicyclic amines) is 1. The number of hydrogen-bond acceptors (Lipinski definition) is 5. The van der Waals surface area contributed by atoms with Crippen molar-refractivity contribution in [3.63, 3.8) is 0 Å². The Kier molecular flexibility index (Phi) is 7.86. The molecule has 0 bridgehead atoms. The van der Waals surface area contributed by atoms with Crippen LogP contribution >= 0.6 is 0 Å². The number of β-amino-alcohol motifs (C(OH)–C–C–N with tert-alkyl or cyclic N) is 1. The molecule has 1 aliphatic rings. The van der Waals surface area contributed by atoms with Crippen molar-refractivity contribution < 1.29 is 30.0 Å². The summed E-state index contributed by atoms with van der Waals surface area (Å²) in [7, 11) is 0. The molecular weight excluding hydrogens is 314 g/mol. The first-order valence-electron chi connectivity index (χ1n) is 8.20. The summed E-state index contributed by atoms with van der Waals surface area (Å²) in [5, 5.41) is 35.8. The van der Waals surface area contributed by atoms with Gasteiger partial charge in [-0.1, -0.05) is 13.8 Å². The Morgan fingerprint density at radius 1 is 1.08 bits per heavy atom. The quantitative estimate of drug-likeness (QED) is 0.596. The fourth-order valence-electron chi connectivity index (χ4n) is 2.69. The SMILES string of the molecule is CC(C)(O)CN1CCC(O)C(C)(C)C1(C)C.O=C(O)CCC(=O)O. The zero-order valence-corrected chi connectivity index (χ0v) is 15.7. The van der Waals surface area contributed by atoms with Gasteiger partial charge in [-0.05, 0) is 34.1 Å². The summed E-state index contributed by atoms with van der Waals surface area (Å²) in [5.74, 6) is -2.15. The highest BCUT2D eigenvalue weighted by Gasteiger charge is 2.50. The molecule has 1 saturated heterocycles. The second kappa shape index (κ2) is 8.27. The molecule has 7 nitrogen and oxygen atoms in total.